The Morgan fingerprint density at radius 1 is 1.41 bits per heavy atom. The molecule has 27 heavy (non-hydrogen) atoms. The van der Waals surface area contributed by atoms with E-state index in [2.05, 4.69) is 26.5 Å². The maximum Gasteiger partial charge on any atom is 0.490 e. The van der Waals surface area contributed by atoms with Gasteiger partial charge in [0.2, 0.25) is 0 Å². The number of halogens is 3. The minimum atomic E-state index is -5.08. The van der Waals surface area contributed by atoms with Crippen LogP contribution in [0.15, 0.2) is 12.4 Å². The van der Waals surface area contributed by atoms with Crippen molar-refractivity contribution < 1.29 is 27.8 Å². The molecule has 0 saturated carbocycles. The summed E-state index contributed by atoms with van der Waals surface area (Å²) in [5.74, 6) is -2.44. The Morgan fingerprint density at radius 2 is 2.07 bits per heavy atom. The molecule has 2 aromatic heterocycles. The molecule has 0 amide bonds. The summed E-state index contributed by atoms with van der Waals surface area (Å²) in [4.78, 5) is 11.3. The largest absolute Gasteiger partial charge is 0.490 e. The molecule has 0 saturated heterocycles. The Morgan fingerprint density at radius 3 is 2.59 bits per heavy atom. The first kappa shape index (κ1) is 20.8. The van der Waals surface area contributed by atoms with Crippen molar-refractivity contribution in [3.63, 3.8) is 0 Å². The number of carboxylic acids is 1. The van der Waals surface area contributed by atoms with Gasteiger partial charge in [-0.2, -0.15) is 18.3 Å². The average molecular weight is 390 g/mol. The minimum absolute atomic E-state index is 0.320. The van der Waals surface area contributed by atoms with Gasteiger partial charge in [0.05, 0.1) is 18.5 Å². The van der Waals surface area contributed by atoms with E-state index in [9.17, 15) is 13.2 Å². The van der Waals surface area contributed by atoms with Gasteiger partial charge in [-0.25, -0.2) is 4.79 Å². The van der Waals surface area contributed by atoms with Gasteiger partial charge in [-0.15, -0.1) is 5.10 Å². The lowest BCUT2D eigenvalue weighted by Crippen LogP contribution is -2.35. The molecule has 12 heteroatoms. The molecule has 0 aliphatic carbocycles. The van der Waals surface area contributed by atoms with E-state index in [4.69, 9.17) is 14.6 Å². The average Bonchev–Trinajstić information content (AvgIpc) is 3.13. The second-order valence-corrected chi connectivity index (χ2v) is 6.19. The van der Waals surface area contributed by atoms with Gasteiger partial charge in [-0.05, 0) is 0 Å². The number of rotatable bonds is 4. The first-order chi connectivity index (χ1) is 12.6. The maximum absolute atomic E-state index is 10.6. The number of methoxy groups -OCH3 is 1. The second kappa shape index (κ2) is 8.48. The SMILES string of the molecule is COCC1CN(Cc2cnn(C)c2)Cc2nnn(C)c21.O=C(O)C(F)(F)F. The number of carbonyl (C=O) groups is 1. The lowest BCUT2D eigenvalue weighted by Gasteiger charge is -2.31. The van der Waals surface area contributed by atoms with Gasteiger partial charge in [0.25, 0.3) is 0 Å². The van der Waals surface area contributed by atoms with Crippen LogP contribution >= 0.6 is 0 Å². The van der Waals surface area contributed by atoms with Crippen LogP contribution in [0, 0.1) is 0 Å². The third kappa shape index (κ3) is 5.50. The summed E-state index contributed by atoms with van der Waals surface area (Å²) in [6, 6.07) is 0. The third-order valence-electron chi connectivity index (χ3n) is 3.96. The Labute approximate surface area is 153 Å². The molecule has 2 aromatic rings. The minimum Gasteiger partial charge on any atom is -0.475 e. The molecule has 1 N–H and O–H groups in total. The summed E-state index contributed by atoms with van der Waals surface area (Å²) in [6.45, 7) is 3.36. The second-order valence-electron chi connectivity index (χ2n) is 6.19. The van der Waals surface area contributed by atoms with Gasteiger partial charge in [-0.1, -0.05) is 5.21 Å². The highest BCUT2D eigenvalue weighted by atomic mass is 19.4. The molecule has 1 unspecified atom stereocenters. The van der Waals surface area contributed by atoms with E-state index in [0.717, 1.165) is 25.3 Å². The van der Waals surface area contributed by atoms with Crippen LogP contribution in [-0.4, -0.2) is 67.2 Å². The van der Waals surface area contributed by atoms with E-state index < -0.39 is 12.1 Å². The normalized spacial score (nSPS) is 17.2. The number of carboxylic acid groups (broad SMARTS) is 1. The summed E-state index contributed by atoms with van der Waals surface area (Å²) in [7, 11) is 5.63. The highest BCUT2D eigenvalue weighted by Gasteiger charge is 2.38. The van der Waals surface area contributed by atoms with Gasteiger partial charge >= 0.3 is 12.1 Å². The number of alkyl halides is 3. The lowest BCUT2D eigenvalue weighted by atomic mass is 9.98. The predicted molar refractivity (Wildman–Crippen MR) is 86.6 cm³/mol. The van der Waals surface area contributed by atoms with Gasteiger partial charge in [-0.3, -0.25) is 14.3 Å². The Balaban J connectivity index is 0.000000321. The monoisotopic (exact) mass is 390 g/mol. The fourth-order valence-corrected chi connectivity index (χ4v) is 2.96. The highest BCUT2D eigenvalue weighted by Crippen LogP contribution is 2.27. The third-order valence-corrected chi connectivity index (χ3v) is 3.96. The topological polar surface area (TPSA) is 98.3 Å². The zero-order valence-electron chi connectivity index (χ0n) is 15.1. The maximum atomic E-state index is 10.6. The van der Waals surface area contributed by atoms with Crippen molar-refractivity contribution in [1.29, 1.82) is 0 Å². The first-order valence-electron chi connectivity index (χ1n) is 7.99. The summed E-state index contributed by atoms with van der Waals surface area (Å²) >= 11 is 0. The number of aryl methyl sites for hydroxylation is 2. The van der Waals surface area contributed by atoms with Gasteiger partial charge in [0, 0.05) is 58.5 Å². The molecular weight excluding hydrogens is 369 g/mol. The van der Waals surface area contributed by atoms with Crippen molar-refractivity contribution >= 4 is 5.97 Å². The lowest BCUT2D eigenvalue weighted by molar-refractivity contribution is -0.192. The molecule has 1 aliphatic rings. The summed E-state index contributed by atoms with van der Waals surface area (Å²) in [6.07, 6.45) is -1.12. The molecule has 3 heterocycles. The zero-order valence-corrected chi connectivity index (χ0v) is 15.1. The van der Waals surface area contributed by atoms with E-state index in [1.807, 2.05) is 29.7 Å². The molecule has 3 rings (SSSR count). The zero-order chi connectivity index (χ0) is 20.2. The quantitative estimate of drug-likeness (QED) is 0.829. The number of nitrogens with zero attached hydrogens (tertiary/aromatic N) is 6. The Kier molecular flexibility index (Phi) is 6.54. The van der Waals surface area contributed by atoms with Crippen LogP contribution in [0.25, 0.3) is 0 Å². The Bertz CT molecular complexity index is 773. The van der Waals surface area contributed by atoms with Crippen molar-refractivity contribution in [3.05, 3.63) is 29.3 Å². The molecule has 9 nitrogen and oxygen atoms in total. The predicted octanol–water partition coefficient (Wildman–Crippen LogP) is 0.928. The van der Waals surface area contributed by atoms with Crippen LogP contribution in [0.4, 0.5) is 13.2 Å². The van der Waals surface area contributed by atoms with Gasteiger partial charge in [0.1, 0.15) is 5.69 Å². The molecule has 0 radical (unpaired) electrons. The highest BCUT2D eigenvalue weighted by molar-refractivity contribution is 5.73. The molecule has 1 aliphatic heterocycles. The van der Waals surface area contributed by atoms with Crippen molar-refractivity contribution in [3.8, 4) is 0 Å². The van der Waals surface area contributed by atoms with Crippen LogP contribution in [0.2, 0.25) is 0 Å². The molecule has 0 spiro atoms. The molecule has 0 aromatic carbocycles. The summed E-state index contributed by atoms with van der Waals surface area (Å²) < 4.78 is 40.8. The van der Waals surface area contributed by atoms with Crippen molar-refractivity contribution in [2.45, 2.75) is 25.2 Å². The smallest absolute Gasteiger partial charge is 0.475 e. The van der Waals surface area contributed by atoms with Crippen molar-refractivity contribution in [2.75, 3.05) is 20.3 Å². The van der Waals surface area contributed by atoms with Crippen molar-refractivity contribution in [1.82, 2.24) is 29.7 Å². The standard InChI is InChI=1S/C13H20N6O.C2HF3O2/c1-17-5-10(4-14-17)6-19-7-11(9-20-3)13-12(8-19)15-16-18(13)2;3-2(4,5)1(6)7/h4-5,11H,6-9H2,1-3H3;(H,6,7). The van der Waals surface area contributed by atoms with E-state index in [-0.39, 0.29) is 0 Å². The number of aromatic nitrogens is 5. The fourth-order valence-electron chi connectivity index (χ4n) is 2.96. The van der Waals surface area contributed by atoms with E-state index in [0.29, 0.717) is 12.5 Å². The van der Waals surface area contributed by atoms with Crippen LogP contribution in [0.1, 0.15) is 22.9 Å². The Hall–Kier alpha value is -2.47. The van der Waals surface area contributed by atoms with Crippen LogP contribution < -0.4 is 0 Å². The fraction of sp³-hybridized carbons (Fsp3) is 0.600. The first-order valence-corrected chi connectivity index (χ1v) is 7.99. The number of hydrogen-bond donors (Lipinski definition) is 1. The van der Waals surface area contributed by atoms with Crippen LogP contribution in [0.5, 0.6) is 0 Å². The van der Waals surface area contributed by atoms with Gasteiger partial charge < -0.3 is 9.84 Å². The number of hydrogen-bond acceptors (Lipinski definition) is 6. The van der Waals surface area contributed by atoms with E-state index in [1.54, 1.807) is 7.11 Å². The van der Waals surface area contributed by atoms with Crippen LogP contribution in [0.3, 0.4) is 0 Å². The number of fused-ring (bicyclic) bond motifs is 1. The number of aliphatic carboxylic acids is 1. The van der Waals surface area contributed by atoms with Crippen LogP contribution in [-0.2, 0) is 36.7 Å². The molecule has 1 atom stereocenters. The van der Waals surface area contributed by atoms with Gasteiger partial charge in [0.15, 0.2) is 0 Å². The van der Waals surface area contributed by atoms with Crippen molar-refractivity contribution in [2.24, 2.45) is 14.1 Å². The van der Waals surface area contributed by atoms with E-state index in [1.165, 1.54) is 11.3 Å². The molecule has 0 bridgehead atoms. The molecular formula is C15H21F3N6O3. The summed E-state index contributed by atoms with van der Waals surface area (Å²) in [5, 5.41) is 19.8. The molecule has 0 fully saturated rings. The van der Waals surface area contributed by atoms with E-state index >= 15 is 0 Å². The molecule has 150 valence electrons. The number of ether oxygens (including phenoxy) is 1. The summed E-state index contributed by atoms with van der Waals surface area (Å²) in [5.41, 5.74) is 3.48.